The van der Waals surface area contributed by atoms with Crippen molar-refractivity contribution in [1.29, 1.82) is 0 Å². The van der Waals surface area contributed by atoms with E-state index < -0.39 is 0 Å². The number of likely N-dealkylation sites (N-methyl/N-ethyl adjacent to an activating group) is 1. The smallest absolute Gasteiger partial charge is 0.202 e. The highest BCUT2D eigenvalue weighted by Gasteiger charge is 2.26. The van der Waals surface area contributed by atoms with Crippen molar-refractivity contribution in [3.63, 3.8) is 0 Å². The van der Waals surface area contributed by atoms with Gasteiger partial charge in [-0.25, -0.2) is 0 Å². The molecule has 0 radical (unpaired) electrons. The number of aromatic nitrogens is 1. The highest BCUT2D eigenvalue weighted by molar-refractivity contribution is 6.08. The van der Waals surface area contributed by atoms with Crippen molar-refractivity contribution in [2.24, 2.45) is 4.99 Å². The molecule has 1 aliphatic heterocycles. The lowest BCUT2D eigenvalue weighted by Gasteiger charge is -2.21. The molecule has 1 fully saturated rings. The van der Waals surface area contributed by atoms with E-state index >= 15 is 0 Å². The van der Waals surface area contributed by atoms with Gasteiger partial charge in [-0.3, -0.25) is 14.8 Å². The van der Waals surface area contributed by atoms with Crippen LogP contribution in [0.25, 0.3) is 0 Å². The number of hydrogen-bond acceptors (Lipinski definition) is 5. The third-order valence-corrected chi connectivity index (χ3v) is 4.66. The van der Waals surface area contributed by atoms with Gasteiger partial charge in [0, 0.05) is 29.6 Å². The average molecular weight is 350 g/mol. The van der Waals surface area contributed by atoms with Crippen LogP contribution in [0.5, 0.6) is 0 Å². The summed E-state index contributed by atoms with van der Waals surface area (Å²) in [6.45, 7) is 4.51. The van der Waals surface area contributed by atoms with Crippen molar-refractivity contribution in [2.75, 3.05) is 7.05 Å². The lowest BCUT2D eigenvalue weighted by atomic mass is 10.0. The largest absolute Gasteiger partial charge is 0.358 e. The van der Waals surface area contributed by atoms with Gasteiger partial charge in [-0.2, -0.15) is 0 Å². The Balaban J connectivity index is 1.77. The number of dihydropyridines is 1. The SMILES string of the molecule is CC=CC(=O)C1=C(C=NCc2cnc(C3CC3)c(C)c2)C(NC)C=CN1. The number of allylic oxidation sites excluding steroid dienone is 2. The zero-order chi connectivity index (χ0) is 18.5. The van der Waals surface area contributed by atoms with E-state index in [4.69, 9.17) is 0 Å². The van der Waals surface area contributed by atoms with E-state index in [-0.39, 0.29) is 11.8 Å². The van der Waals surface area contributed by atoms with Gasteiger partial charge in [-0.15, -0.1) is 0 Å². The number of aryl methyl sites for hydroxylation is 1. The average Bonchev–Trinajstić information content (AvgIpc) is 3.47. The van der Waals surface area contributed by atoms with Gasteiger partial charge in [-0.05, 0) is 63.2 Å². The minimum absolute atomic E-state index is 0.0405. The van der Waals surface area contributed by atoms with E-state index in [9.17, 15) is 4.79 Å². The normalized spacial score (nSPS) is 20.2. The zero-order valence-electron chi connectivity index (χ0n) is 15.6. The molecule has 2 aliphatic rings. The Kier molecular flexibility index (Phi) is 5.78. The van der Waals surface area contributed by atoms with Crippen molar-refractivity contribution in [2.45, 2.75) is 45.2 Å². The van der Waals surface area contributed by atoms with Crippen LogP contribution in [0.2, 0.25) is 0 Å². The Morgan fingerprint density at radius 2 is 2.27 bits per heavy atom. The molecule has 0 bridgehead atoms. The summed E-state index contributed by atoms with van der Waals surface area (Å²) >= 11 is 0. The molecule has 0 spiro atoms. The number of carbonyl (C=O) groups is 1. The van der Waals surface area contributed by atoms with E-state index in [1.807, 2.05) is 26.2 Å². The fraction of sp³-hybridized carbons (Fsp3) is 0.381. The topological polar surface area (TPSA) is 66.4 Å². The Labute approximate surface area is 155 Å². The molecule has 1 unspecified atom stereocenters. The van der Waals surface area contributed by atoms with Crippen molar-refractivity contribution in [1.82, 2.24) is 15.6 Å². The molecule has 1 aliphatic carbocycles. The van der Waals surface area contributed by atoms with E-state index in [0.29, 0.717) is 18.2 Å². The summed E-state index contributed by atoms with van der Waals surface area (Å²) in [5.41, 5.74) is 4.98. The predicted molar refractivity (Wildman–Crippen MR) is 105 cm³/mol. The number of aliphatic imine (C=N–C) groups is 1. The van der Waals surface area contributed by atoms with Crippen LogP contribution in [-0.2, 0) is 11.3 Å². The van der Waals surface area contributed by atoms with Gasteiger partial charge >= 0.3 is 0 Å². The Morgan fingerprint density at radius 1 is 1.46 bits per heavy atom. The van der Waals surface area contributed by atoms with E-state index in [1.165, 1.54) is 24.1 Å². The maximum Gasteiger partial charge on any atom is 0.202 e. The second kappa shape index (κ2) is 8.23. The molecule has 0 amide bonds. The zero-order valence-corrected chi connectivity index (χ0v) is 15.6. The van der Waals surface area contributed by atoms with Gasteiger partial charge in [0.05, 0.1) is 18.3 Å². The molecule has 1 saturated carbocycles. The van der Waals surface area contributed by atoms with E-state index in [0.717, 1.165) is 11.1 Å². The first-order valence-corrected chi connectivity index (χ1v) is 9.11. The second-order valence-electron chi connectivity index (χ2n) is 6.75. The third kappa shape index (κ3) is 4.17. The van der Waals surface area contributed by atoms with Crippen LogP contribution in [0.3, 0.4) is 0 Å². The first-order chi connectivity index (χ1) is 12.6. The predicted octanol–water partition coefficient (Wildman–Crippen LogP) is 2.94. The summed E-state index contributed by atoms with van der Waals surface area (Å²) in [5.74, 6) is 0.610. The summed E-state index contributed by atoms with van der Waals surface area (Å²) in [5, 5.41) is 6.26. The van der Waals surface area contributed by atoms with Gasteiger partial charge in [0.15, 0.2) is 0 Å². The highest BCUT2D eigenvalue weighted by atomic mass is 16.1. The van der Waals surface area contributed by atoms with Gasteiger partial charge in [0.25, 0.3) is 0 Å². The number of carbonyl (C=O) groups excluding carboxylic acids is 1. The van der Waals surface area contributed by atoms with Crippen molar-refractivity contribution >= 4 is 12.0 Å². The molecule has 5 heteroatoms. The molecule has 0 saturated heterocycles. The number of nitrogens with zero attached hydrogens (tertiary/aromatic N) is 2. The summed E-state index contributed by atoms with van der Waals surface area (Å²) in [6.07, 6.45) is 13.3. The minimum atomic E-state index is -0.0511. The van der Waals surface area contributed by atoms with E-state index in [2.05, 4.69) is 33.6 Å². The van der Waals surface area contributed by atoms with Gasteiger partial charge in [0.2, 0.25) is 5.78 Å². The Hall–Kier alpha value is -2.53. The maximum atomic E-state index is 12.3. The number of nitrogens with one attached hydrogen (secondary N) is 2. The van der Waals surface area contributed by atoms with Gasteiger partial charge < -0.3 is 10.6 Å². The summed E-state index contributed by atoms with van der Waals surface area (Å²) < 4.78 is 0. The molecule has 1 aromatic heterocycles. The molecule has 2 heterocycles. The fourth-order valence-electron chi connectivity index (χ4n) is 3.18. The summed E-state index contributed by atoms with van der Waals surface area (Å²) in [6, 6.07) is 2.13. The monoisotopic (exact) mass is 350 g/mol. The summed E-state index contributed by atoms with van der Waals surface area (Å²) in [7, 11) is 1.87. The number of pyridine rings is 1. The third-order valence-electron chi connectivity index (χ3n) is 4.66. The first kappa shape index (κ1) is 18.3. The Bertz CT molecular complexity index is 800. The van der Waals surface area contributed by atoms with Crippen LogP contribution in [0, 0.1) is 6.92 Å². The van der Waals surface area contributed by atoms with E-state index in [1.54, 1.807) is 24.6 Å². The molecule has 2 N–H and O–H groups in total. The first-order valence-electron chi connectivity index (χ1n) is 9.11. The Morgan fingerprint density at radius 3 is 2.92 bits per heavy atom. The van der Waals surface area contributed by atoms with Crippen LogP contribution in [0.1, 0.15) is 42.5 Å². The molecule has 1 aromatic rings. The van der Waals surface area contributed by atoms with Gasteiger partial charge in [-0.1, -0.05) is 12.1 Å². The summed E-state index contributed by atoms with van der Waals surface area (Å²) in [4.78, 5) is 21.5. The highest BCUT2D eigenvalue weighted by Crippen LogP contribution is 2.40. The molecule has 136 valence electrons. The van der Waals surface area contributed by atoms with Crippen LogP contribution >= 0.6 is 0 Å². The van der Waals surface area contributed by atoms with Crippen molar-refractivity contribution in [3.05, 3.63) is 64.8 Å². The van der Waals surface area contributed by atoms with Gasteiger partial charge in [0.1, 0.15) is 0 Å². The number of rotatable bonds is 7. The van der Waals surface area contributed by atoms with Crippen molar-refractivity contribution in [3.8, 4) is 0 Å². The van der Waals surface area contributed by atoms with Crippen molar-refractivity contribution < 1.29 is 4.79 Å². The minimum Gasteiger partial charge on any atom is -0.358 e. The van der Waals surface area contributed by atoms with Crippen LogP contribution in [0.15, 0.2) is 53.0 Å². The lowest BCUT2D eigenvalue weighted by Crippen LogP contribution is -2.34. The quantitative estimate of drug-likeness (QED) is 0.586. The lowest BCUT2D eigenvalue weighted by molar-refractivity contribution is -0.111. The number of hydrogen-bond donors (Lipinski definition) is 2. The molecule has 26 heavy (non-hydrogen) atoms. The molecule has 1 atom stereocenters. The fourth-order valence-corrected chi connectivity index (χ4v) is 3.18. The number of ketones is 1. The molecule has 3 rings (SSSR count). The molecule has 0 aromatic carbocycles. The molecular weight excluding hydrogens is 324 g/mol. The van der Waals surface area contributed by atoms with Crippen LogP contribution < -0.4 is 10.6 Å². The standard InChI is InChI=1S/C21H26N4O/c1-4-5-19(26)21-17(18(22-3)8-9-24-21)13-23-11-15-10-14(2)20(25-12-15)16-6-7-16/h4-5,8-10,12-13,16,18,22,24H,6-7,11H2,1-3H3. The second-order valence-corrected chi connectivity index (χ2v) is 6.75. The van der Waals surface area contributed by atoms with Crippen LogP contribution in [-0.4, -0.2) is 30.1 Å². The maximum absolute atomic E-state index is 12.3. The van der Waals surface area contributed by atoms with Crippen LogP contribution in [0.4, 0.5) is 0 Å². The molecular formula is C21H26N4O. The molecule has 5 nitrogen and oxygen atoms in total.